The molecule has 1 N–H and O–H groups in total. The lowest BCUT2D eigenvalue weighted by Gasteiger charge is -2.10. The molecule has 0 saturated carbocycles. The SMILES string of the molecule is CCOc1ccccc1NC(=O)c1cc(CCl)c(C)o1. The molecule has 1 aromatic carbocycles. The van der Waals surface area contributed by atoms with Crippen LogP contribution in [-0.2, 0) is 5.88 Å². The molecule has 1 amide bonds. The van der Waals surface area contributed by atoms with Crippen molar-refractivity contribution < 1.29 is 13.9 Å². The second-order valence-corrected chi connectivity index (χ2v) is 4.48. The molecule has 1 heterocycles. The Balaban J connectivity index is 2.18. The number of anilines is 1. The van der Waals surface area contributed by atoms with Crippen LogP contribution in [0.5, 0.6) is 5.75 Å². The van der Waals surface area contributed by atoms with Gasteiger partial charge in [0.25, 0.3) is 5.91 Å². The average Bonchev–Trinajstić information content (AvgIpc) is 2.82. The zero-order valence-corrected chi connectivity index (χ0v) is 12.2. The van der Waals surface area contributed by atoms with Crippen LogP contribution in [0.2, 0.25) is 0 Å². The Bertz CT molecular complexity index is 607. The lowest BCUT2D eigenvalue weighted by Crippen LogP contribution is -2.12. The van der Waals surface area contributed by atoms with E-state index in [2.05, 4.69) is 5.32 Å². The number of hydrogen-bond donors (Lipinski definition) is 1. The normalized spacial score (nSPS) is 10.3. The Morgan fingerprint density at radius 1 is 1.40 bits per heavy atom. The van der Waals surface area contributed by atoms with Gasteiger partial charge in [-0.2, -0.15) is 0 Å². The Morgan fingerprint density at radius 2 is 2.15 bits per heavy atom. The van der Waals surface area contributed by atoms with E-state index in [1.54, 1.807) is 25.1 Å². The monoisotopic (exact) mass is 293 g/mol. The first kappa shape index (κ1) is 14.5. The summed E-state index contributed by atoms with van der Waals surface area (Å²) >= 11 is 5.77. The molecule has 2 rings (SSSR count). The van der Waals surface area contributed by atoms with Crippen molar-refractivity contribution in [2.24, 2.45) is 0 Å². The fourth-order valence-electron chi connectivity index (χ4n) is 1.80. The summed E-state index contributed by atoms with van der Waals surface area (Å²) in [6.07, 6.45) is 0. The summed E-state index contributed by atoms with van der Waals surface area (Å²) in [5.41, 5.74) is 1.43. The van der Waals surface area contributed by atoms with Crippen molar-refractivity contribution >= 4 is 23.2 Å². The van der Waals surface area contributed by atoms with Gasteiger partial charge in [-0.3, -0.25) is 4.79 Å². The Hall–Kier alpha value is -1.94. The van der Waals surface area contributed by atoms with Crippen molar-refractivity contribution in [1.29, 1.82) is 0 Å². The molecule has 0 spiro atoms. The molecule has 0 bridgehead atoms. The van der Waals surface area contributed by atoms with Gasteiger partial charge in [-0.1, -0.05) is 12.1 Å². The Kier molecular flexibility index (Phi) is 4.69. The predicted octanol–water partition coefficient (Wildman–Crippen LogP) is 3.98. The highest BCUT2D eigenvalue weighted by atomic mass is 35.5. The van der Waals surface area contributed by atoms with Crippen molar-refractivity contribution in [2.75, 3.05) is 11.9 Å². The summed E-state index contributed by atoms with van der Waals surface area (Å²) in [5, 5.41) is 2.78. The van der Waals surface area contributed by atoms with Gasteiger partial charge in [0.05, 0.1) is 18.2 Å². The highest BCUT2D eigenvalue weighted by molar-refractivity contribution is 6.17. The number of halogens is 1. The second-order valence-electron chi connectivity index (χ2n) is 4.21. The molecule has 0 aliphatic heterocycles. The molecule has 0 saturated heterocycles. The van der Waals surface area contributed by atoms with Crippen molar-refractivity contribution in [3.8, 4) is 5.75 Å². The fourth-order valence-corrected chi connectivity index (χ4v) is 2.06. The molecule has 0 aliphatic rings. The minimum Gasteiger partial charge on any atom is -0.492 e. The number of nitrogens with one attached hydrogen (secondary N) is 1. The molecule has 5 heteroatoms. The van der Waals surface area contributed by atoms with Gasteiger partial charge in [-0.05, 0) is 32.0 Å². The van der Waals surface area contributed by atoms with Crippen LogP contribution in [0.3, 0.4) is 0 Å². The van der Waals surface area contributed by atoms with Gasteiger partial charge in [0, 0.05) is 5.56 Å². The molecule has 2 aromatic rings. The summed E-state index contributed by atoms with van der Waals surface area (Å²) in [6, 6.07) is 8.91. The van der Waals surface area contributed by atoms with Crippen molar-refractivity contribution in [3.05, 3.63) is 47.4 Å². The lowest BCUT2D eigenvalue weighted by molar-refractivity contribution is 0.0995. The first-order valence-corrected chi connectivity index (χ1v) is 6.87. The zero-order chi connectivity index (χ0) is 14.5. The molecule has 20 heavy (non-hydrogen) atoms. The van der Waals surface area contributed by atoms with Crippen LogP contribution < -0.4 is 10.1 Å². The van der Waals surface area contributed by atoms with Crippen LogP contribution in [0.4, 0.5) is 5.69 Å². The Morgan fingerprint density at radius 3 is 2.80 bits per heavy atom. The third-order valence-electron chi connectivity index (χ3n) is 2.82. The fraction of sp³-hybridized carbons (Fsp3) is 0.267. The number of para-hydroxylation sites is 2. The van der Waals surface area contributed by atoms with Crippen LogP contribution >= 0.6 is 11.6 Å². The number of carbonyl (C=O) groups excluding carboxylic acids is 1. The molecule has 0 unspecified atom stereocenters. The first-order valence-electron chi connectivity index (χ1n) is 6.34. The molecular weight excluding hydrogens is 278 g/mol. The van der Waals surface area contributed by atoms with Crippen molar-refractivity contribution in [3.63, 3.8) is 0 Å². The number of furan rings is 1. The molecule has 106 valence electrons. The molecule has 4 nitrogen and oxygen atoms in total. The van der Waals surface area contributed by atoms with E-state index in [0.717, 1.165) is 5.56 Å². The molecule has 0 atom stereocenters. The van der Waals surface area contributed by atoms with Crippen molar-refractivity contribution in [1.82, 2.24) is 0 Å². The molecule has 0 aliphatic carbocycles. The maximum Gasteiger partial charge on any atom is 0.291 e. The van der Waals surface area contributed by atoms with E-state index < -0.39 is 0 Å². The highest BCUT2D eigenvalue weighted by Gasteiger charge is 2.15. The standard InChI is InChI=1S/C15H16ClNO3/c1-3-19-13-7-5-4-6-12(13)17-15(18)14-8-11(9-16)10(2)20-14/h4-8H,3,9H2,1-2H3,(H,17,18). The minimum atomic E-state index is -0.323. The van der Waals surface area contributed by atoms with Gasteiger partial charge in [-0.15, -0.1) is 11.6 Å². The summed E-state index contributed by atoms with van der Waals surface area (Å²) in [7, 11) is 0. The van der Waals surface area contributed by atoms with E-state index in [-0.39, 0.29) is 11.7 Å². The largest absolute Gasteiger partial charge is 0.492 e. The maximum absolute atomic E-state index is 12.1. The van der Waals surface area contributed by atoms with E-state index in [1.807, 2.05) is 19.1 Å². The van der Waals surface area contributed by atoms with E-state index in [4.69, 9.17) is 20.8 Å². The van der Waals surface area contributed by atoms with Gasteiger partial charge in [0.1, 0.15) is 11.5 Å². The number of benzene rings is 1. The smallest absolute Gasteiger partial charge is 0.291 e. The molecular formula is C15H16ClNO3. The third kappa shape index (κ3) is 3.14. The number of carbonyl (C=O) groups is 1. The van der Waals surface area contributed by atoms with Crippen LogP contribution in [0, 0.1) is 6.92 Å². The molecule has 1 aromatic heterocycles. The second kappa shape index (κ2) is 6.48. The molecule has 0 fully saturated rings. The average molecular weight is 294 g/mol. The number of alkyl halides is 1. The third-order valence-corrected chi connectivity index (χ3v) is 3.11. The zero-order valence-electron chi connectivity index (χ0n) is 11.4. The summed E-state index contributed by atoms with van der Waals surface area (Å²) < 4.78 is 10.9. The van der Waals surface area contributed by atoms with Crippen LogP contribution in [-0.4, -0.2) is 12.5 Å². The van der Waals surface area contributed by atoms with Crippen molar-refractivity contribution in [2.45, 2.75) is 19.7 Å². The number of aryl methyl sites for hydroxylation is 1. The number of ether oxygens (including phenoxy) is 1. The number of rotatable bonds is 5. The first-order chi connectivity index (χ1) is 9.65. The van der Waals surface area contributed by atoms with Gasteiger partial charge in [0.2, 0.25) is 0 Å². The summed E-state index contributed by atoms with van der Waals surface area (Å²) in [6.45, 7) is 4.20. The number of hydrogen-bond acceptors (Lipinski definition) is 3. The van der Waals surface area contributed by atoms with E-state index >= 15 is 0 Å². The highest BCUT2D eigenvalue weighted by Crippen LogP contribution is 2.25. The van der Waals surface area contributed by atoms with Gasteiger partial charge >= 0.3 is 0 Å². The van der Waals surface area contributed by atoms with Gasteiger partial charge in [-0.25, -0.2) is 0 Å². The van der Waals surface area contributed by atoms with Gasteiger partial charge < -0.3 is 14.5 Å². The maximum atomic E-state index is 12.1. The Labute approximate surface area is 122 Å². The van der Waals surface area contributed by atoms with E-state index in [1.165, 1.54) is 0 Å². The quantitative estimate of drug-likeness (QED) is 0.848. The topological polar surface area (TPSA) is 51.5 Å². The van der Waals surface area contributed by atoms with Crippen LogP contribution in [0.25, 0.3) is 0 Å². The van der Waals surface area contributed by atoms with Crippen LogP contribution in [0.15, 0.2) is 34.7 Å². The number of amides is 1. The van der Waals surface area contributed by atoms with E-state index in [9.17, 15) is 4.79 Å². The summed E-state index contributed by atoms with van der Waals surface area (Å²) in [4.78, 5) is 12.1. The predicted molar refractivity (Wildman–Crippen MR) is 78.6 cm³/mol. The summed E-state index contributed by atoms with van der Waals surface area (Å²) in [5.74, 6) is 1.52. The van der Waals surface area contributed by atoms with E-state index in [0.29, 0.717) is 29.7 Å². The minimum absolute atomic E-state index is 0.240. The molecule has 0 radical (unpaired) electrons. The van der Waals surface area contributed by atoms with Gasteiger partial charge in [0.15, 0.2) is 5.76 Å². The lowest BCUT2D eigenvalue weighted by atomic mass is 10.2. The van der Waals surface area contributed by atoms with Crippen LogP contribution in [0.1, 0.15) is 28.8 Å².